The van der Waals surface area contributed by atoms with Crippen molar-refractivity contribution in [3.8, 4) is 0 Å². The van der Waals surface area contributed by atoms with Crippen molar-refractivity contribution >= 4 is 23.7 Å². The van der Waals surface area contributed by atoms with Gasteiger partial charge in [0.2, 0.25) is 5.91 Å². The molecule has 1 heterocycles. The molecule has 0 radical (unpaired) electrons. The summed E-state index contributed by atoms with van der Waals surface area (Å²) in [6.45, 7) is 10.1. The maximum Gasteiger partial charge on any atom is 0.265 e. The number of benzene rings is 2. The van der Waals surface area contributed by atoms with Gasteiger partial charge in [-0.05, 0) is 55.7 Å². The Bertz CT molecular complexity index is 918. The molecule has 0 unspecified atom stereocenters. The average Bonchev–Trinajstić information content (AvgIpc) is 2.78. The highest BCUT2D eigenvalue weighted by atomic mass is 16.2. The number of rotatable bonds is 9. The summed E-state index contributed by atoms with van der Waals surface area (Å²) in [4.78, 5) is 34.9. The normalized spacial score (nSPS) is 16.5. The molecule has 0 N–H and O–H groups in total. The van der Waals surface area contributed by atoms with Crippen LogP contribution in [0.4, 0.5) is 5.69 Å². The van der Waals surface area contributed by atoms with Crippen LogP contribution >= 0.6 is 0 Å². The zero-order valence-corrected chi connectivity index (χ0v) is 18.2. The molecule has 1 atom stereocenters. The fraction of sp³-hybridized carbons (Fsp3) is 0.400. The molecule has 0 saturated heterocycles. The number of nitrogens with zero attached hydrogens (tertiary/aromatic N) is 3. The van der Waals surface area contributed by atoms with Gasteiger partial charge in [0, 0.05) is 18.3 Å². The first-order valence-corrected chi connectivity index (χ1v) is 10.9. The van der Waals surface area contributed by atoms with Gasteiger partial charge in [0.15, 0.2) is 0 Å². The minimum atomic E-state index is -0.544. The second-order valence-electron chi connectivity index (χ2n) is 7.46. The summed E-state index contributed by atoms with van der Waals surface area (Å²) >= 11 is 0. The van der Waals surface area contributed by atoms with E-state index in [0.29, 0.717) is 17.8 Å². The number of aliphatic imine (C=N–C) groups is 1. The van der Waals surface area contributed by atoms with Gasteiger partial charge < -0.3 is 4.90 Å². The Balaban J connectivity index is 1.87. The minimum absolute atomic E-state index is 0.230. The van der Waals surface area contributed by atoms with Crippen LogP contribution in [0.1, 0.15) is 54.6 Å². The molecule has 0 fully saturated rings. The van der Waals surface area contributed by atoms with E-state index in [-0.39, 0.29) is 11.8 Å². The number of aryl methyl sites for hydroxylation is 1. The van der Waals surface area contributed by atoms with E-state index in [4.69, 9.17) is 0 Å². The van der Waals surface area contributed by atoms with Crippen molar-refractivity contribution in [2.75, 3.05) is 31.1 Å². The Labute approximate surface area is 179 Å². The number of carbonyl (C=O) groups excluding carboxylic acids is 2. The first-order valence-electron chi connectivity index (χ1n) is 10.9. The number of fused-ring (bicyclic) bond motifs is 1. The number of anilines is 1. The Kier molecular flexibility index (Phi) is 7.52. The topological polar surface area (TPSA) is 53.0 Å². The molecule has 2 amide bonds. The Morgan fingerprint density at radius 3 is 2.43 bits per heavy atom. The molecular formula is C25H31N3O2. The van der Waals surface area contributed by atoms with E-state index in [1.807, 2.05) is 49.4 Å². The third kappa shape index (κ3) is 4.51. The highest BCUT2D eigenvalue weighted by molar-refractivity contribution is 6.29. The van der Waals surface area contributed by atoms with E-state index < -0.39 is 5.92 Å². The van der Waals surface area contributed by atoms with Crippen LogP contribution in [0.25, 0.3) is 0 Å². The lowest BCUT2D eigenvalue weighted by atomic mass is 9.88. The molecule has 0 aromatic heterocycles. The quantitative estimate of drug-likeness (QED) is 0.355. The molecule has 30 heavy (non-hydrogen) atoms. The van der Waals surface area contributed by atoms with Gasteiger partial charge in [-0.1, -0.05) is 57.2 Å². The van der Waals surface area contributed by atoms with Gasteiger partial charge in [-0.25, -0.2) is 4.90 Å². The van der Waals surface area contributed by atoms with Gasteiger partial charge in [0.25, 0.3) is 5.91 Å². The van der Waals surface area contributed by atoms with Crippen LogP contribution in [0, 0.1) is 0 Å². The predicted molar refractivity (Wildman–Crippen MR) is 123 cm³/mol. The number of para-hydroxylation sites is 1. The lowest BCUT2D eigenvalue weighted by Gasteiger charge is -2.32. The minimum Gasteiger partial charge on any atom is -0.304 e. The second kappa shape index (κ2) is 10.3. The molecule has 3 rings (SSSR count). The molecule has 2 aromatic carbocycles. The highest BCUT2D eigenvalue weighted by Crippen LogP contribution is 2.33. The lowest BCUT2D eigenvalue weighted by molar-refractivity contribution is -0.118. The van der Waals surface area contributed by atoms with Crippen LogP contribution in [-0.4, -0.2) is 49.1 Å². The van der Waals surface area contributed by atoms with Gasteiger partial charge in [0.1, 0.15) is 0 Å². The summed E-state index contributed by atoms with van der Waals surface area (Å²) in [5.74, 6) is -1.04. The molecule has 1 aliphatic rings. The standard InChI is InChI=1S/C25H31N3O2/c1-4-19-12-7-10-15-23(19)28-24(29)21-14-9-8-13-20(21)22(25(28)30)18-26-16-11-17-27(5-2)6-3/h7-10,12-15,18,22H,4-6,11,16-17H2,1-3H3/t22-/m1/s1. The molecule has 0 bridgehead atoms. The van der Waals surface area contributed by atoms with Gasteiger partial charge in [0.05, 0.1) is 11.6 Å². The van der Waals surface area contributed by atoms with Crippen LogP contribution in [0.15, 0.2) is 53.5 Å². The molecule has 0 saturated carbocycles. The lowest BCUT2D eigenvalue weighted by Crippen LogP contribution is -2.46. The number of hydrogen-bond donors (Lipinski definition) is 0. The summed E-state index contributed by atoms with van der Waals surface area (Å²) in [6.07, 6.45) is 3.43. The van der Waals surface area contributed by atoms with E-state index in [0.717, 1.165) is 43.6 Å². The van der Waals surface area contributed by atoms with Gasteiger partial charge in [-0.15, -0.1) is 0 Å². The van der Waals surface area contributed by atoms with Gasteiger partial charge in [-0.3, -0.25) is 14.6 Å². The SMILES string of the molecule is CCc1ccccc1N1C(=O)c2ccccc2[C@@H](C=NCCCN(CC)CC)C1=O. The number of carbonyl (C=O) groups is 2. The molecule has 158 valence electrons. The maximum atomic E-state index is 13.4. The van der Waals surface area contributed by atoms with Gasteiger partial charge >= 0.3 is 0 Å². The molecule has 0 aliphatic carbocycles. The summed E-state index contributed by atoms with van der Waals surface area (Å²) in [5, 5.41) is 0. The van der Waals surface area contributed by atoms with E-state index in [2.05, 4.69) is 23.7 Å². The fourth-order valence-corrected chi connectivity index (χ4v) is 3.96. The largest absolute Gasteiger partial charge is 0.304 e. The van der Waals surface area contributed by atoms with Crippen molar-refractivity contribution in [1.82, 2.24) is 4.90 Å². The van der Waals surface area contributed by atoms with E-state index in [1.165, 1.54) is 4.90 Å². The van der Waals surface area contributed by atoms with Crippen LogP contribution in [0.3, 0.4) is 0 Å². The summed E-state index contributed by atoms with van der Waals surface area (Å²) in [7, 11) is 0. The number of imide groups is 1. The van der Waals surface area contributed by atoms with Crippen LogP contribution in [-0.2, 0) is 11.2 Å². The zero-order chi connectivity index (χ0) is 21.5. The summed E-state index contributed by atoms with van der Waals surface area (Å²) in [6, 6.07) is 15.0. The van der Waals surface area contributed by atoms with Crippen molar-refractivity contribution in [2.45, 2.75) is 39.5 Å². The smallest absolute Gasteiger partial charge is 0.265 e. The fourth-order valence-electron chi connectivity index (χ4n) is 3.96. The van der Waals surface area contributed by atoms with Crippen LogP contribution in [0.5, 0.6) is 0 Å². The predicted octanol–water partition coefficient (Wildman–Crippen LogP) is 4.32. The molecule has 2 aromatic rings. The monoisotopic (exact) mass is 405 g/mol. The van der Waals surface area contributed by atoms with Crippen molar-refractivity contribution in [2.24, 2.45) is 4.99 Å². The third-order valence-corrected chi connectivity index (χ3v) is 5.74. The first-order chi connectivity index (χ1) is 14.6. The van der Waals surface area contributed by atoms with E-state index in [1.54, 1.807) is 12.3 Å². The van der Waals surface area contributed by atoms with Crippen LogP contribution in [0.2, 0.25) is 0 Å². The van der Waals surface area contributed by atoms with E-state index in [9.17, 15) is 9.59 Å². The number of hydrogen-bond acceptors (Lipinski definition) is 4. The number of amides is 2. The van der Waals surface area contributed by atoms with Crippen LogP contribution < -0.4 is 4.90 Å². The average molecular weight is 406 g/mol. The summed E-state index contributed by atoms with van der Waals surface area (Å²) in [5.41, 5.74) is 2.96. The van der Waals surface area contributed by atoms with Crippen molar-refractivity contribution in [3.05, 3.63) is 65.2 Å². The first kappa shape index (κ1) is 21.9. The van der Waals surface area contributed by atoms with Crippen molar-refractivity contribution in [1.29, 1.82) is 0 Å². The third-order valence-electron chi connectivity index (χ3n) is 5.74. The highest BCUT2D eigenvalue weighted by Gasteiger charge is 2.39. The zero-order valence-electron chi connectivity index (χ0n) is 18.2. The molecular weight excluding hydrogens is 374 g/mol. The Hall–Kier alpha value is -2.79. The maximum absolute atomic E-state index is 13.4. The van der Waals surface area contributed by atoms with E-state index >= 15 is 0 Å². The van der Waals surface area contributed by atoms with Crippen molar-refractivity contribution < 1.29 is 9.59 Å². The Morgan fingerprint density at radius 1 is 1.00 bits per heavy atom. The summed E-state index contributed by atoms with van der Waals surface area (Å²) < 4.78 is 0. The molecule has 5 heteroatoms. The second-order valence-corrected chi connectivity index (χ2v) is 7.46. The van der Waals surface area contributed by atoms with Gasteiger partial charge in [-0.2, -0.15) is 0 Å². The molecule has 5 nitrogen and oxygen atoms in total. The van der Waals surface area contributed by atoms with Crippen molar-refractivity contribution in [3.63, 3.8) is 0 Å². The molecule has 1 aliphatic heterocycles. The Morgan fingerprint density at radius 2 is 1.70 bits per heavy atom. The molecule has 0 spiro atoms.